The third kappa shape index (κ3) is 2.93. The van der Waals surface area contributed by atoms with E-state index in [1.165, 1.54) is 4.57 Å². The highest BCUT2D eigenvalue weighted by Crippen LogP contribution is 2.36. The van der Waals surface area contributed by atoms with Gasteiger partial charge in [-0.3, -0.25) is 9.36 Å². The van der Waals surface area contributed by atoms with Crippen molar-refractivity contribution in [2.75, 3.05) is 42.5 Å². The molecule has 2 atom stereocenters. The van der Waals surface area contributed by atoms with Gasteiger partial charge in [0.1, 0.15) is 18.5 Å². The van der Waals surface area contributed by atoms with E-state index in [0.717, 1.165) is 0 Å². The zero-order valence-corrected chi connectivity index (χ0v) is 13.9. The minimum Gasteiger partial charge on any atom is -0.394 e. The SMILES string of the molecule is CN1c2c(nc(N)n(C)c2=O)N(COCC(O)CO)[C@H]1I. The Morgan fingerprint density at radius 2 is 2.19 bits per heavy atom. The van der Waals surface area contributed by atoms with Crippen LogP contribution in [0.15, 0.2) is 4.79 Å². The number of hydrogen-bond donors (Lipinski definition) is 3. The molecule has 1 aliphatic heterocycles. The summed E-state index contributed by atoms with van der Waals surface area (Å²) >= 11 is 2.15. The predicted molar refractivity (Wildman–Crippen MR) is 86.5 cm³/mol. The average molecular weight is 411 g/mol. The first kappa shape index (κ1) is 16.3. The summed E-state index contributed by atoms with van der Waals surface area (Å²) in [4.78, 5) is 20.1. The van der Waals surface area contributed by atoms with Crippen molar-refractivity contribution in [2.45, 2.75) is 10.3 Å². The maximum Gasteiger partial charge on any atom is 0.280 e. The van der Waals surface area contributed by atoms with Gasteiger partial charge in [-0.15, -0.1) is 0 Å². The Balaban J connectivity index is 2.25. The predicted octanol–water partition coefficient (Wildman–Crippen LogP) is -1.34. The van der Waals surface area contributed by atoms with Gasteiger partial charge in [-0.2, -0.15) is 4.98 Å². The van der Waals surface area contributed by atoms with Crippen LogP contribution < -0.4 is 21.1 Å². The Labute approximate surface area is 135 Å². The summed E-state index contributed by atoms with van der Waals surface area (Å²) in [6, 6.07) is 0. The lowest BCUT2D eigenvalue weighted by atomic mass is 10.4. The van der Waals surface area contributed by atoms with E-state index in [9.17, 15) is 9.90 Å². The molecule has 0 fully saturated rings. The van der Waals surface area contributed by atoms with E-state index in [-0.39, 0.29) is 35.6 Å². The normalized spacial score (nSPS) is 19.0. The summed E-state index contributed by atoms with van der Waals surface area (Å²) in [6.07, 6.45) is -0.931. The molecule has 1 aliphatic rings. The number of hydrogen-bond acceptors (Lipinski definition) is 8. The first-order valence-corrected chi connectivity index (χ1v) is 7.49. The number of nitrogens with two attached hydrogens (primary N) is 1. The molecule has 21 heavy (non-hydrogen) atoms. The van der Waals surface area contributed by atoms with E-state index in [0.29, 0.717) is 11.5 Å². The summed E-state index contributed by atoms with van der Waals surface area (Å²) in [5, 5.41) is 18.0. The maximum absolute atomic E-state index is 12.3. The van der Waals surface area contributed by atoms with E-state index in [2.05, 4.69) is 27.6 Å². The largest absolute Gasteiger partial charge is 0.394 e. The molecule has 1 aromatic heterocycles. The molecule has 118 valence electrons. The molecular formula is C11H18IN5O4. The van der Waals surface area contributed by atoms with Crippen molar-refractivity contribution in [2.24, 2.45) is 7.05 Å². The number of ether oxygens (including phenoxy) is 1. The van der Waals surface area contributed by atoms with Crippen LogP contribution in [0.5, 0.6) is 0 Å². The van der Waals surface area contributed by atoms with Crippen LogP contribution in [0.4, 0.5) is 17.5 Å². The lowest BCUT2D eigenvalue weighted by Crippen LogP contribution is -2.39. The van der Waals surface area contributed by atoms with Crippen molar-refractivity contribution < 1.29 is 14.9 Å². The van der Waals surface area contributed by atoms with Gasteiger partial charge in [-0.05, 0) is 22.6 Å². The minimum absolute atomic E-state index is 0.00423. The first-order chi connectivity index (χ1) is 9.88. The fraction of sp³-hybridized carbons (Fsp3) is 0.636. The zero-order valence-electron chi connectivity index (χ0n) is 11.7. The van der Waals surface area contributed by atoms with Gasteiger partial charge in [0, 0.05) is 14.1 Å². The van der Waals surface area contributed by atoms with E-state index < -0.39 is 6.10 Å². The first-order valence-electron chi connectivity index (χ1n) is 6.25. The van der Waals surface area contributed by atoms with Crippen molar-refractivity contribution in [3.63, 3.8) is 0 Å². The van der Waals surface area contributed by atoms with Crippen LogP contribution in [0, 0.1) is 0 Å². The van der Waals surface area contributed by atoms with Crippen molar-refractivity contribution in [3.05, 3.63) is 10.4 Å². The number of aliphatic hydroxyl groups excluding tert-OH is 2. The molecule has 0 aromatic carbocycles. The molecule has 4 N–H and O–H groups in total. The van der Waals surface area contributed by atoms with Crippen LogP contribution in [0.1, 0.15) is 0 Å². The standard InChI is InChI=1S/C11H18IN5O4/c1-15-7-8(14-11(13)16(2)9(7)20)17(10(15)12)5-21-4-6(19)3-18/h6,10,18-19H,3-5H2,1-2H3,(H2,13,14)/t6?,10-/m0/s1. The highest BCUT2D eigenvalue weighted by molar-refractivity contribution is 14.1. The summed E-state index contributed by atoms with van der Waals surface area (Å²) < 4.78 is 6.48. The molecular weight excluding hydrogens is 393 g/mol. The number of aromatic nitrogens is 2. The molecule has 2 heterocycles. The van der Waals surface area contributed by atoms with Gasteiger partial charge in [0.05, 0.1) is 13.2 Å². The number of aliphatic hydroxyl groups is 2. The highest BCUT2D eigenvalue weighted by Gasteiger charge is 2.36. The molecule has 0 saturated carbocycles. The van der Waals surface area contributed by atoms with Crippen molar-refractivity contribution in [3.8, 4) is 0 Å². The van der Waals surface area contributed by atoms with E-state index in [1.54, 1.807) is 23.9 Å². The molecule has 0 bridgehead atoms. The Kier molecular flexibility index (Phi) is 4.91. The van der Waals surface area contributed by atoms with Gasteiger partial charge in [0.2, 0.25) is 5.95 Å². The number of anilines is 3. The Morgan fingerprint density at radius 3 is 2.81 bits per heavy atom. The van der Waals surface area contributed by atoms with Gasteiger partial charge < -0.3 is 30.5 Å². The maximum atomic E-state index is 12.3. The third-order valence-corrected chi connectivity index (χ3v) is 4.74. The van der Waals surface area contributed by atoms with Crippen molar-refractivity contribution >= 4 is 40.0 Å². The molecule has 0 saturated heterocycles. The van der Waals surface area contributed by atoms with Crippen LogP contribution in [0.2, 0.25) is 0 Å². The van der Waals surface area contributed by atoms with Gasteiger partial charge in [0.25, 0.3) is 5.56 Å². The second kappa shape index (κ2) is 6.34. The average Bonchev–Trinajstić information content (AvgIpc) is 2.69. The Hall–Kier alpha value is -1.11. The monoisotopic (exact) mass is 411 g/mol. The molecule has 2 rings (SSSR count). The van der Waals surface area contributed by atoms with Gasteiger partial charge in [-0.1, -0.05) is 0 Å². The van der Waals surface area contributed by atoms with Crippen LogP contribution in [-0.2, 0) is 11.8 Å². The number of alkyl halides is 1. The molecule has 1 unspecified atom stereocenters. The fourth-order valence-electron chi connectivity index (χ4n) is 1.98. The molecule has 0 spiro atoms. The zero-order chi connectivity index (χ0) is 15.7. The summed E-state index contributed by atoms with van der Waals surface area (Å²) in [6.45, 7) is -0.243. The lowest BCUT2D eigenvalue weighted by molar-refractivity contribution is 0.00656. The quantitative estimate of drug-likeness (QED) is 0.310. The lowest BCUT2D eigenvalue weighted by Gasteiger charge is -2.25. The number of nitrogen functional groups attached to an aromatic ring is 1. The molecule has 10 heteroatoms. The van der Waals surface area contributed by atoms with Crippen LogP contribution in [-0.4, -0.2) is 57.0 Å². The smallest absolute Gasteiger partial charge is 0.280 e. The fourth-order valence-corrected chi connectivity index (χ4v) is 2.69. The number of rotatable bonds is 5. The summed E-state index contributed by atoms with van der Waals surface area (Å²) in [7, 11) is 3.36. The highest BCUT2D eigenvalue weighted by atomic mass is 127. The van der Waals surface area contributed by atoms with Crippen molar-refractivity contribution in [1.29, 1.82) is 0 Å². The van der Waals surface area contributed by atoms with Gasteiger partial charge in [-0.25, -0.2) is 0 Å². The van der Waals surface area contributed by atoms with E-state index >= 15 is 0 Å². The molecule has 0 aliphatic carbocycles. The second-order valence-electron chi connectivity index (χ2n) is 4.73. The Bertz CT molecular complexity index is 580. The summed E-state index contributed by atoms with van der Waals surface area (Å²) in [5.41, 5.74) is 5.97. The minimum atomic E-state index is -0.931. The summed E-state index contributed by atoms with van der Waals surface area (Å²) in [5.74, 6) is 0.578. The molecule has 0 radical (unpaired) electrons. The van der Waals surface area contributed by atoms with E-state index in [4.69, 9.17) is 15.6 Å². The van der Waals surface area contributed by atoms with Crippen LogP contribution >= 0.6 is 22.6 Å². The van der Waals surface area contributed by atoms with E-state index in [1.807, 2.05) is 0 Å². The van der Waals surface area contributed by atoms with Gasteiger partial charge >= 0.3 is 0 Å². The molecule has 9 nitrogen and oxygen atoms in total. The van der Waals surface area contributed by atoms with Crippen LogP contribution in [0.25, 0.3) is 0 Å². The van der Waals surface area contributed by atoms with Gasteiger partial charge in [0.15, 0.2) is 9.99 Å². The number of halogens is 1. The van der Waals surface area contributed by atoms with Crippen LogP contribution in [0.3, 0.4) is 0 Å². The topological polar surface area (TPSA) is 117 Å². The number of fused-ring (bicyclic) bond motifs is 1. The number of nitrogens with zero attached hydrogens (tertiary/aromatic N) is 4. The van der Waals surface area contributed by atoms with Crippen molar-refractivity contribution in [1.82, 2.24) is 9.55 Å². The molecule has 1 aromatic rings. The third-order valence-electron chi connectivity index (χ3n) is 3.24. The second-order valence-corrected chi connectivity index (χ2v) is 5.85. The molecule has 0 amide bonds. The Morgan fingerprint density at radius 1 is 1.52 bits per heavy atom.